The highest BCUT2D eigenvalue weighted by atomic mass is 35.5. The van der Waals surface area contributed by atoms with Gasteiger partial charge in [-0.25, -0.2) is 0 Å². The molecule has 1 heterocycles. The summed E-state index contributed by atoms with van der Waals surface area (Å²) in [4.78, 5) is 1.33. The van der Waals surface area contributed by atoms with Crippen LogP contribution in [0.5, 0.6) is 0 Å². The molecule has 0 unspecified atom stereocenters. The second-order valence-electron chi connectivity index (χ2n) is 2.27. The molecule has 0 bridgehead atoms. The molecule has 64 valence electrons. The van der Waals surface area contributed by atoms with Crippen molar-refractivity contribution in [1.29, 1.82) is 0 Å². The third-order valence-corrected chi connectivity index (χ3v) is 3.12. The number of hydrogen-bond acceptors (Lipinski definition) is 1. The Morgan fingerprint density at radius 3 is 2.27 bits per heavy atom. The van der Waals surface area contributed by atoms with E-state index in [2.05, 4.69) is 13.8 Å². The Bertz CT molecular complexity index is 245. The first-order chi connectivity index (χ1) is 4.66. The van der Waals surface area contributed by atoms with E-state index >= 15 is 0 Å². The zero-order chi connectivity index (χ0) is 7.72. The van der Waals surface area contributed by atoms with Gasteiger partial charge in [0.1, 0.15) is 7.05 Å². The van der Waals surface area contributed by atoms with E-state index in [-0.39, 0.29) is 12.4 Å². The minimum absolute atomic E-state index is 0. The van der Waals surface area contributed by atoms with Crippen molar-refractivity contribution in [3.8, 4) is 0 Å². The van der Waals surface area contributed by atoms with Crippen LogP contribution in [0.1, 0.15) is 17.5 Å². The number of aromatic nitrogens is 1. The molecule has 0 amide bonds. The van der Waals surface area contributed by atoms with Crippen molar-refractivity contribution >= 4 is 22.9 Å². The lowest BCUT2D eigenvalue weighted by Gasteiger charge is -1.87. The number of hydrogen-bond donors (Lipinski definition) is 0. The summed E-state index contributed by atoms with van der Waals surface area (Å²) in [6.07, 6.45) is 1.06. The van der Waals surface area contributed by atoms with E-state index < -0.39 is 0 Å². The molecule has 0 aromatic carbocycles. The Hall–Kier alpha value is 0.210. The van der Waals surface area contributed by atoms with Gasteiger partial charge < -0.3 is 12.4 Å². The molecule has 4 heteroatoms. The van der Waals surface area contributed by atoms with Gasteiger partial charge in [0.05, 0.1) is 4.88 Å². The minimum atomic E-state index is 0. The number of aryl methyl sites for hydroxylation is 1. The fourth-order valence-electron chi connectivity index (χ4n) is 1.08. The van der Waals surface area contributed by atoms with Crippen molar-refractivity contribution in [2.24, 2.45) is 7.05 Å². The minimum Gasteiger partial charge on any atom is -1.00 e. The molecule has 1 nitrogen and oxygen atoms in total. The Balaban J connectivity index is 0.000001000. The van der Waals surface area contributed by atoms with Crippen LogP contribution < -0.4 is 17.0 Å². The highest BCUT2D eigenvalue weighted by molar-refractivity contribution is 7.15. The van der Waals surface area contributed by atoms with Crippen molar-refractivity contribution in [3.05, 3.63) is 15.0 Å². The average molecular weight is 212 g/mol. The molecule has 0 spiro atoms. The quantitative estimate of drug-likeness (QED) is 0.531. The molecule has 0 atom stereocenters. The Morgan fingerprint density at radius 1 is 1.55 bits per heavy atom. The van der Waals surface area contributed by atoms with E-state index in [1.54, 1.807) is 11.3 Å². The maximum Gasteiger partial charge on any atom is 0.333 e. The molecular weight excluding hydrogens is 201 g/mol. The molecular formula is C7H11Cl2NS. The van der Waals surface area contributed by atoms with Crippen LogP contribution in [-0.2, 0) is 13.5 Å². The SMILES string of the molecule is CCc1c(C)sc(Cl)[n+]1C.[Cl-]. The zero-order valence-corrected chi connectivity index (χ0v) is 9.15. The molecule has 0 radical (unpaired) electrons. The van der Waals surface area contributed by atoms with Crippen LogP contribution in [0.15, 0.2) is 0 Å². The molecule has 0 saturated carbocycles. The molecule has 0 aliphatic heterocycles. The monoisotopic (exact) mass is 211 g/mol. The smallest absolute Gasteiger partial charge is 0.333 e. The normalized spacial score (nSPS) is 9.45. The van der Waals surface area contributed by atoms with Gasteiger partial charge in [0.2, 0.25) is 0 Å². The highest BCUT2D eigenvalue weighted by Gasteiger charge is 2.16. The van der Waals surface area contributed by atoms with Crippen molar-refractivity contribution < 1.29 is 17.0 Å². The Morgan fingerprint density at radius 2 is 2.09 bits per heavy atom. The summed E-state index contributed by atoms with van der Waals surface area (Å²) in [6.45, 7) is 4.25. The van der Waals surface area contributed by atoms with Crippen LogP contribution in [0.2, 0.25) is 4.47 Å². The second-order valence-corrected chi connectivity index (χ2v) is 4.06. The summed E-state index contributed by atoms with van der Waals surface area (Å²) in [6, 6.07) is 0. The topological polar surface area (TPSA) is 3.88 Å². The summed E-state index contributed by atoms with van der Waals surface area (Å²) < 4.78 is 2.91. The van der Waals surface area contributed by atoms with Gasteiger partial charge in [-0.1, -0.05) is 18.3 Å². The summed E-state index contributed by atoms with van der Waals surface area (Å²) >= 11 is 7.54. The first-order valence-electron chi connectivity index (χ1n) is 3.30. The number of rotatable bonds is 1. The third kappa shape index (κ3) is 2.08. The molecule has 1 rings (SSSR count). The lowest BCUT2D eigenvalue weighted by Crippen LogP contribution is -3.00. The lowest BCUT2D eigenvalue weighted by atomic mass is 10.3. The number of halogens is 2. The molecule has 0 fully saturated rings. The number of thiazole rings is 1. The van der Waals surface area contributed by atoms with Gasteiger partial charge in [-0.15, -0.1) is 0 Å². The maximum atomic E-state index is 5.89. The van der Waals surface area contributed by atoms with Crippen LogP contribution in [0, 0.1) is 6.92 Å². The molecule has 0 aliphatic carbocycles. The Labute approximate surface area is 82.4 Å². The van der Waals surface area contributed by atoms with Crippen LogP contribution >= 0.6 is 22.9 Å². The van der Waals surface area contributed by atoms with Crippen LogP contribution in [0.3, 0.4) is 0 Å². The largest absolute Gasteiger partial charge is 1.00 e. The average Bonchev–Trinajstić information content (AvgIpc) is 2.09. The van der Waals surface area contributed by atoms with Crippen molar-refractivity contribution in [2.45, 2.75) is 20.3 Å². The first kappa shape index (κ1) is 11.2. The molecule has 0 saturated heterocycles. The fourth-order valence-corrected chi connectivity index (χ4v) is 2.43. The van der Waals surface area contributed by atoms with Crippen LogP contribution in [0.25, 0.3) is 0 Å². The van der Waals surface area contributed by atoms with Gasteiger partial charge in [-0.2, -0.15) is 4.57 Å². The molecule has 0 aliphatic rings. The standard InChI is InChI=1S/C7H11ClNS.ClH/c1-4-6-5(2)10-7(8)9(6)3;/h4H2,1-3H3;1H/q+1;/p-1. The summed E-state index contributed by atoms with van der Waals surface area (Å²) in [5.74, 6) is 0. The summed E-state index contributed by atoms with van der Waals surface area (Å²) in [5.41, 5.74) is 1.34. The van der Waals surface area contributed by atoms with Crippen LogP contribution in [0.4, 0.5) is 0 Å². The van der Waals surface area contributed by atoms with E-state index in [1.165, 1.54) is 10.6 Å². The number of nitrogens with zero attached hydrogens (tertiary/aromatic N) is 1. The predicted molar refractivity (Wildman–Crippen MR) is 44.6 cm³/mol. The van der Waals surface area contributed by atoms with Gasteiger partial charge >= 0.3 is 4.47 Å². The van der Waals surface area contributed by atoms with E-state index in [9.17, 15) is 0 Å². The van der Waals surface area contributed by atoms with E-state index in [0.717, 1.165) is 10.9 Å². The van der Waals surface area contributed by atoms with E-state index in [4.69, 9.17) is 11.6 Å². The second kappa shape index (κ2) is 4.29. The van der Waals surface area contributed by atoms with Gasteiger partial charge in [0.15, 0.2) is 5.69 Å². The Kier molecular flexibility index (Phi) is 4.37. The van der Waals surface area contributed by atoms with Crippen molar-refractivity contribution in [3.63, 3.8) is 0 Å². The van der Waals surface area contributed by atoms with Crippen molar-refractivity contribution in [1.82, 2.24) is 0 Å². The molecule has 11 heavy (non-hydrogen) atoms. The summed E-state index contributed by atoms with van der Waals surface area (Å²) in [5, 5.41) is 0. The molecule has 0 N–H and O–H groups in total. The van der Waals surface area contributed by atoms with Gasteiger partial charge in [-0.3, -0.25) is 0 Å². The highest BCUT2D eigenvalue weighted by Crippen LogP contribution is 2.19. The van der Waals surface area contributed by atoms with Gasteiger partial charge in [0.25, 0.3) is 0 Å². The third-order valence-electron chi connectivity index (χ3n) is 1.65. The first-order valence-corrected chi connectivity index (χ1v) is 4.50. The van der Waals surface area contributed by atoms with Gasteiger partial charge in [0, 0.05) is 18.0 Å². The lowest BCUT2D eigenvalue weighted by molar-refractivity contribution is -0.672. The molecule has 1 aromatic rings. The predicted octanol–water partition coefficient (Wildman–Crippen LogP) is -0.899. The van der Waals surface area contributed by atoms with Gasteiger partial charge in [-0.05, 0) is 6.92 Å². The van der Waals surface area contributed by atoms with Crippen LogP contribution in [-0.4, -0.2) is 0 Å². The maximum absolute atomic E-state index is 5.89. The summed E-state index contributed by atoms with van der Waals surface area (Å²) in [7, 11) is 2.00. The van der Waals surface area contributed by atoms with Crippen molar-refractivity contribution in [2.75, 3.05) is 0 Å². The molecule has 1 aromatic heterocycles. The fraction of sp³-hybridized carbons (Fsp3) is 0.571. The van der Waals surface area contributed by atoms with E-state index in [0.29, 0.717) is 0 Å². The van der Waals surface area contributed by atoms with E-state index in [1.807, 2.05) is 11.6 Å². The zero-order valence-electron chi connectivity index (χ0n) is 6.82.